The van der Waals surface area contributed by atoms with Gasteiger partial charge >= 0.3 is 6.18 Å². The Labute approximate surface area is 200 Å². The van der Waals surface area contributed by atoms with Crippen LogP contribution in [0.1, 0.15) is 30.1 Å². The third kappa shape index (κ3) is 4.87. The molecule has 180 valence electrons. The average molecular weight is 480 g/mol. The number of halogens is 3. The predicted octanol–water partition coefficient (Wildman–Crippen LogP) is 6.04. The number of anilines is 1. The van der Waals surface area contributed by atoms with Crippen molar-refractivity contribution in [3.63, 3.8) is 0 Å². The molecular formula is C27H24F3N3O2. The van der Waals surface area contributed by atoms with Crippen LogP contribution < -0.4 is 9.64 Å². The Morgan fingerprint density at radius 2 is 1.74 bits per heavy atom. The predicted molar refractivity (Wildman–Crippen MR) is 127 cm³/mol. The summed E-state index contributed by atoms with van der Waals surface area (Å²) in [5, 5.41) is 0. The maximum atomic E-state index is 13.2. The van der Waals surface area contributed by atoms with Crippen LogP contribution in [0.15, 0.2) is 78.9 Å². The first kappa shape index (κ1) is 23.0. The van der Waals surface area contributed by atoms with Gasteiger partial charge in [0, 0.05) is 31.1 Å². The molecule has 1 aromatic heterocycles. The molecule has 1 fully saturated rings. The number of carbonyl (C=O) groups is 1. The number of para-hydroxylation sites is 3. The number of hydrogen-bond acceptors (Lipinski definition) is 3. The van der Waals surface area contributed by atoms with Crippen LogP contribution in [0.25, 0.3) is 11.0 Å². The van der Waals surface area contributed by atoms with Crippen molar-refractivity contribution in [2.24, 2.45) is 0 Å². The molecule has 3 aromatic carbocycles. The zero-order valence-corrected chi connectivity index (χ0v) is 18.9. The number of amides is 1. The summed E-state index contributed by atoms with van der Waals surface area (Å²) in [4.78, 5) is 19.1. The molecule has 5 rings (SSSR count). The van der Waals surface area contributed by atoms with Gasteiger partial charge in [-0.1, -0.05) is 36.4 Å². The molecule has 0 aliphatic carbocycles. The number of imidazole rings is 1. The first-order chi connectivity index (χ1) is 16.9. The van der Waals surface area contributed by atoms with Crippen molar-refractivity contribution in [2.75, 3.05) is 18.1 Å². The number of alkyl halides is 3. The summed E-state index contributed by atoms with van der Waals surface area (Å²) >= 11 is 0. The van der Waals surface area contributed by atoms with Crippen molar-refractivity contribution in [3.05, 3.63) is 90.3 Å². The molecular weight excluding hydrogens is 455 g/mol. The largest absolute Gasteiger partial charge is 0.494 e. The van der Waals surface area contributed by atoms with E-state index in [1.165, 1.54) is 11.0 Å². The van der Waals surface area contributed by atoms with E-state index in [4.69, 9.17) is 9.72 Å². The highest BCUT2D eigenvalue weighted by Gasteiger charge is 2.36. The van der Waals surface area contributed by atoms with Gasteiger partial charge in [-0.15, -0.1) is 0 Å². The van der Waals surface area contributed by atoms with Crippen LogP contribution in [-0.4, -0.2) is 28.6 Å². The third-order valence-corrected chi connectivity index (χ3v) is 6.20. The molecule has 1 amide bonds. The van der Waals surface area contributed by atoms with Crippen LogP contribution >= 0.6 is 0 Å². The van der Waals surface area contributed by atoms with Gasteiger partial charge in [0.15, 0.2) is 0 Å². The maximum absolute atomic E-state index is 13.2. The molecule has 1 aliphatic rings. The fraction of sp³-hybridized carbons (Fsp3) is 0.259. The molecule has 4 aromatic rings. The number of benzene rings is 3. The molecule has 1 aliphatic heterocycles. The van der Waals surface area contributed by atoms with Crippen molar-refractivity contribution in [1.82, 2.24) is 9.55 Å². The second kappa shape index (κ2) is 9.44. The van der Waals surface area contributed by atoms with E-state index in [0.717, 1.165) is 41.2 Å². The van der Waals surface area contributed by atoms with Crippen molar-refractivity contribution in [1.29, 1.82) is 0 Å². The van der Waals surface area contributed by atoms with E-state index in [-0.39, 0.29) is 30.5 Å². The molecule has 5 nitrogen and oxygen atoms in total. The summed E-state index contributed by atoms with van der Waals surface area (Å²) in [6, 6.07) is 22.3. The van der Waals surface area contributed by atoms with Crippen LogP contribution in [0.4, 0.5) is 18.9 Å². The van der Waals surface area contributed by atoms with Gasteiger partial charge in [-0.3, -0.25) is 4.79 Å². The molecule has 35 heavy (non-hydrogen) atoms. The summed E-state index contributed by atoms with van der Waals surface area (Å²) in [5.74, 6) is 1.15. The zero-order valence-electron chi connectivity index (χ0n) is 18.9. The second-order valence-corrected chi connectivity index (χ2v) is 8.58. The summed E-state index contributed by atoms with van der Waals surface area (Å²) < 4.78 is 47.5. The summed E-state index contributed by atoms with van der Waals surface area (Å²) in [6.07, 6.45) is -3.53. The van der Waals surface area contributed by atoms with Crippen molar-refractivity contribution in [3.8, 4) is 5.75 Å². The number of carbonyl (C=O) groups excluding carboxylic acids is 1. The zero-order chi connectivity index (χ0) is 24.4. The highest BCUT2D eigenvalue weighted by molar-refractivity contribution is 5.96. The molecule has 1 saturated heterocycles. The minimum Gasteiger partial charge on any atom is -0.494 e. The molecule has 0 saturated carbocycles. The molecule has 0 spiro atoms. The molecule has 0 unspecified atom stereocenters. The van der Waals surface area contributed by atoms with E-state index in [9.17, 15) is 18.0 Å². The number of hydrogen-bond donors (Lipinski definition) is 0. The van der Waals surface area contributed by atoms with Crippen molar-refractivity contribution in [2.45, 2.75) is 31.5 Å². The topological polar surface area (TPSA) is 47.4 Å². The standard InChI is InChI=1S/C27H24F3N3O2/c28-27(29,30)20-8-6-9-21(17-20)33-18-19(16-25(33)34)26-31-23-12-4-5-13-24(23)32(26)14-7-15-35-22-10-2-1-3-11-22/h1-6,8-13,17,19H,7,14-16,18H2/t19-/m1/s1. The van der Waals surface area contributed by atoms with E-state index in [2.05, 4.69) is 4.57 Å². The highest BCUT2D eigenvalue weighted by Crippen LogP contribution is 2.36. The minimum atomic E-state index is -4.46. The lowest BCUT2D eigenvalue weighted by molar-refractivity contribution is -0.137. The molecule has 2 heterocycles. The monoisotopic (exact) mass is 479 g/mol. The highest BCUT2D eigenvalue weighted by atomic mass is 19.4. The molecule has 0 radical (unpaired) electrons. The number of ether oxygens (including phenoxy) is 1. The van der Waals surface area contributed by atoms with Crippen LogP contribution in [0, 0.1) is 0 Å². The number of fused-ring (bicyclic) bond motifs is 1. The van der Waals surface area contributed by atoms with Gasteiger partial charge in [0.05, 0.1) is 23.2 Å². The Balaban J connectivity index is 1.36. The third-order valence-electron chi connectivity index (χ3n) is 6.20. The Morgan fingerprint density at radius 3 is 2.54 bits per heavy atom. The van der Waals surface area contributed by atoms with Crippen LogP contribution in [0.3, 0.4) is 0 Å². The first-order valence-electron chi connectivity index (χ1n) is 11.5. The van der Waals surface area contributed by atoms with E-state index in [1.54, 1.807) is 6.07 Å². The fourth-order valence-electron chi connectivity index (χ4n) is 4.55. The van der Waals surface area contributed by atoms with Gasteiger partial charge in [0.2, 0.25) is 5.91 Å². The van der Waals surface area contributed by atoms with Crippen LogP contribution in [0.5, 0.6) is 5.75 Å². The first-order valence-corrected chi connectivity index (χ1v) is 11.5. The summed E-state index contributed by atoms with van der Waals surface area (Å²) in [5.41, 5.74) is 1.28. The molecule has 1 atom stereocenters. The van der Waals surface area contributed by atoms with E-state index < -0.39 is 11.7 Å². The van der Waals surface area contributed by atoms with Crippen LogP contribution in [-0.2, 0) is 17.5 Å². The van der Waals surface area contributed by atoms with Gasteiger partial charge in [-0.25, -0.2) is 4.98 Å². The van der Waals surface area contributed by atoms with Gasteiger partial charge in [-0.05, 0) is 48.9 Å². The molecule has 0 N–H and O–H groups in total. The second-order valence-electron chi connectivity index (χ2n) is 8.58. The molecule has 0 bridgehead atoms. The normalized spacial score (nSPS) is 16.3. The summed E-state index contributed by atoms with van der Waals surface area (Å²) in [6.45, 7) is 1.46. The number of nitrogens with zero attached hydrogens (tertiary/aromatic N) is 3. The lowest BCUT2D eigenvalue weighted by atomic mass is 10.1. The van der Waals surface area contributed by atoms with Gasteiger partial charge < -0.3 is 14.2 Å². The van der Waals surface area contributed by atoms with Crippen LogP contribution in [0.2, 0.25) is 0 Å². The van der Waals surface area contributed by atoms with Gasteiger partial charge in [-0.2, -0.15) is 13.2 Å². The van der Waals surface area contributed by atoms with Crippen molar-refractivity contribution >= 4 is 22.6 Å². The van der Waals surface area contributed by atoms with E-state index >= 15 is 0 Å². The van der Waals surface area contributed by atoms with Gasteiger partial charge in [0.25, 0.3) is 0 Å². The number of aromatic nitrogens is 2. The maximum Gasteiger partial charge on any atom is 0.416 e. The van der Waals surface area contributed by atoms with E-state index in [0.29, 0.717) is 13.2 Å². The Hall–Kier alpha value is -3.81. The van der Waals surface area contributed by atoms with E-state index in [1.807, 2.05) is 54.6 Å². The smallest absolute Gasteiger partial charge is 0.416 e. The minimum absolute atomic E-state index is 0.195. The number of aryl methyl sites for hydroxylation is 1. The Bertz CT molecular complexity index is 1330. The van der Waals surface area contributed by atoms with Crippen molar-refractivity contribution < 1.29 is 22.7 Å². The molecule has 8 heteroatoms. The lowest BCUT2D eigenvalue weighted by Gasteiger charge is -2.19. The Kier molecular flexibility index (Phi) is 6.19. The Morgan fingerprint density at radius 1 is 0.971 bits per heavy atom. The average Bonchev–Trinajstić information content (AvgIpc) is 3.42. The fourth-order valence-corrected chi connectivity index (χ4v) is 4.55. The van der Waals surface area contributed by atoms with Gasteiger partial charge in [0.1, 0.15) is 11.6 Å². The summed E-state index contributed by atoms with van der Waals surface area (Å²) in [7, 11) is 0. The number of rotatable bonds is 7. The quantitative estimate of drug-likeness (QED) is 0.304. The lowest BCUT2D eigenvalue weighted by Crippen LogP contribution is -2.25. The SMILES string of the molecule is O=C1C[C@@H](c2nc3ccccc3n2CCCOc2ccccc2)CN1c1cccc(C(F)(F)F)c1.